The van der Waals surface area contributed by atoms with Crippen LogP contribution in [0.15, 0.2) is 34.9 Å². The molecular formula is C15H19NO2. The Morgan fingerprint density at radius 3 is 3.00 bits per heavy atom. The van der Waals surface area contributed by atoms with Gasteiger partial charge in [-0.25, -0.2) is 4.79 Å². The van der Waals surface area contributed by atoms with E-state index in [0.29, 0.717) is 17.0 Å². The molecule has 2 unspecified atom stereocenters. The molecule has 3 nitrogen and oxygen atoms in total. The van der Waals surface area contributed by atoms with E-state index in [0.717, 1.165) is 12.8 Å². The van der Waals surface area contributed by atoms with Gasteiger partial charge in [-0.1, -0.05) is 19.9 Å². The van der Waals surface area contributed by atoms with E-state index in [1.807, 2.05) is 12.2 Å². The zero-order valence-corrected chi connectivity index (χ0v) is 10.9. The minimum absolute atomic E-state index is 0.224. The Bertz CT molecular complexity index is 497. The third-order valence-electron chi connectivity index (χ3n) is 4.31. The number of carboxylic acid groups (broad SMARTS) is 1. The summed E-state index contributed by atoms with van der Waals surface area (Å²) in [7, 11) is 0. The lowest BCUT2D eigenvalue weighted by Gasteiger charge is -2.34. The number of carbonyl (C=O) groups is 1. The summed E-state index contributed by atoms with van der Waals surface area (Å²) in [6.45, 7) is 4.59. The van der Waals surface area contributed by atoms with Crippen LogP contribution in [0.2, 0.25) is 0 Å². The van der Waals surface area contributed by atoms with Crippen molar-refractivity contribution in [1.82, 2.24) is 5.32 Å². The fourth-order valence-electron chi connectivity index (χ4n) is 3.32. The minimum Gasteiger partial charge on any atom is -0.478 e. The quantitative estimate of drug-likeness (QED) is 0.746. The van der Waals surface area contributed by atoms with Gasteiger partial charge in [0, 0.05) is 6.04 Å². The van der Waals surface area contributed by atoms with E-state index < -0.39 is 5.97 Å². The molecule has 1 aliphatic heterocycles. The Morgan fingerprint density at radius 2 is 2.28 bits per heavy atom. The standard InChI is InChI=1S/C15H19NO2/c1-15(2)6-5-13-11(8-15)10-7-9(14(17)18)3-4-12(10)16-13/h3-4,7,12-13,16H,5-6,8H2,1-2H3,(H,17,18). The summed E-state index contributed by atoms with van der Waals surface area (Å²) in [4.78, 5) is 11.1. The fraction of sp³-hybridized carbons (Fsp3) is 0.533. The maximum absolute atomic E-state index is 11.1. The normalized spacial score (nSPS) is 32.9. The highest BCUT2D eigenvalue weighted by atomic mass is 16.4. The number of nitrogens with one attached hydrogen (secondary N) is 1. The molecule has 3 rings (SSSR count). The monoisotopic (exact) mass is 245 g/mol. The zero-order valence-electron chi connectivity index (χ0n) is 10.9. The first kappa shape index (κ1) is 11.7. The van der Waals surface area contributed by atoms with Crippen LogP contribution in [0, 0.1) is 5.41 Å². The van der Waals surface area contributed by atoms with E-state index in [1.54, 1.807) is 6.08 Å². The SMILES string of the molecule is CC1(C)CCC2NC3C=CC(C(=O)O)=CC3=C2C1. The molecule has 0 radical (unpaired) electrons. The average molecular weight is 245 g/mol. The van der Waals surface area contributed by atoms with Crippen molar-refractivity contribution in [2.75, 3.05) is 0 Å². The number of hydrogen-bond acceptors (Lipinski definition) is 2. The van der Waals surface area contributed by atoms with Gasteiger partial charge in [0.25, 0.3) is 0 Å². The van der Waals surface area contributed by atoms with Gasteiger partial charge in [-0.3, -0.25) is 0 Å². The molecule has 0 spiro atoms. The molecule has 0 aromatic rings. The second-order valence-corrected chi connectivity index (χ2v) is 6.32. The Morgan fingerprint density at radius 1 is 1.50 bits per heavy atom. The van der Waals surface area contributed by atoms with Crippen LogP contribution in [-0.2, 0) is 4.79 Å². The molecule has 1 heterocycles. The van der Waals surface area contributed by atoms with Crippen molar-refractivity contribution in [1.29, 1.82) is 0 Å². The Labute approximate surface area is 107 Å². The molecule has 2 aliphatic carbocycles. The molecule has 0 aromatic carbocycles. The van der Waals surface area contributed by atoms with Crippen LogP contribution < -0.4 is 5.32 Å². The van der Waals surface area contributed by atoms with Crippen LogP contribution in [0.1, 0.15) is 33.1 Å². The van der Waals surface area contributed by atoms with Crippen LogP contribution in [-0.4, -0.2) is 23.2 Å². The van der Waals surface area contributed by atoms with Gasteiger partial charge in [0.15, 0.2) is 0 Å². The third-order valence-corrected chi connectivity index (χ3v) is 4.31. The highest BCUT2D eigenvalue weighted by molar-refractivity contribution is 5.91. The first-order chi connectivity index (χ1) is 8.46. The minimum atomic E-state index is -0.837. The van der Waals surface area contributed by atoms with Crippen molar-refractivity contribution in [3.8, 4) is 0 Å². The summed E-state index contributed by atoms with van der Waals surface area (Å²) >= 11 is 0. The predicted molar refractivity (Wildman–Crippen MR) is 70.2 cm³/mol. The summed E-state index contributed by atoms with van der Waals surface area (Å²) in [6, 6.07) is 0.675. The number of fused-ring (bicyclic) bond motifs is 2. The number of hydrogen-bond donors (Lipinski definition) is 2. The number of carboxylic acids is 1. The van der Waals surface area contributed by atoms with Gasteiger partial charge in [0.2, 0.25) is 0 Å². The summed E-state index contributed by atoms with van der Waals surface area (Å²) in [5.41, 5.74) is 3.37. The van der Waals surface area contributed by atoms with E-state index in [-0.39, 0.29) is 6.04 Å². The molecule has 0 saturated heterocycles. The Balaban J connectivity index is 2.00. The molecule has 0 bridgehead atoms. The third kappa shape index (κ3) is 1.83. The zero-order chi connectivity index (χ0) is 12.9. The lowest BCUT2D eigenvalue weighted by Crippen LogP contribution is -2.36. The maximum atomic E-state index is 11.1. The van der Waals surface area contributed by atoms with E-state index in [1.165, 1.54) is 17.6 Å². The van der Waals surface area contributed by atoms with Gasteiger partial charge in [-0.15, -0.1) is 0 Å². The Kier molecular flexibility index (Phi) is 2.49. The van der Waals surface area contributed by atoms with E-state index in [9.17, 15) is 4.79 Å². The topological polar surface area (TPSA) is 49.3 Å². The van der Waals surface area contributed by atoms with E-state index in [2.05, 4.69) is 19.2 Å². The highest BCUT2D eigenvalue weighted by Gasteiger charge is 2.39. The molecule has 2 atom stereocenters. The summed E-state index contributed by atoms with van der Waals surface area (Å²) in [6.07, 6.45) is 9.02. The molecule has 18 heavy (non-hydrogen) atoms. The van der Waals surface area contributed by atoms with Crippen LogP contribution in [0.3, 0.4) is 0 Å². The van der Waals surface area contributed by atoms with Crippen molar-refractivity contribution in [3.63, 3.8) is 0 Å². The van der Waals surface area contributed by atoms with Crippen molar-refractivity contribution in [2.45, 2.75) is 45.2 Å². The van der Waals surface area contributed by atoms with Crippen molar-refractivity contribution >= 4 is 5.97 Å². The lowest BCUT2D eigenvalue weighted by molar-refractivity contribution is -0.132. The van der Waals surface area contributed by atoms with Gasteiger partial charge < -0.3 is 10.4 Å². The Hall–Kier alpha value is -1.35. The van der Waals surface area contributed by atoms with Crippen molar-refractivity contribution in [3.05, 3.63) is 34.9 Å². The second-order valence-electron chi connectivity index (χ2n) is 6.32. The van der Waals surface area contributed by atoms with E-state index >= 15 is 0 Å². The molecule has 1 saturated carbocycles. The number of rotatable bonds is 1. The van der Waals surface area contributed by atoms with Crippen LogP contribution in [0.25, 0.3) is 0 Å². The highest BCUT2D eigenvalue weighted by Crippen LogP contribution is 2.44. The van der Waals surface area contributed by atoms with Crippen molar-refractivity contribution in [2.24, 2.45) is 5.41 Å². The maximum Gasteiger partial charge on any atom is 0.335 e. The van der Waals surface area contributed by atoms with Gasteiger partial charge in [-0.2, -0.15) is 0 Å². The molecule has 1 fully saturated rings. The molecular weight excluding hydrogens is 226 g/mol. The van der Waals surface area contributed by atoms with Crippen molar-refractivity contribution < 1.29 is 9.90 Å². The van der Waals surface area contributed by atoms with Crippen LogP contribution in [0.5, 0.6) is 0 Å². The molecule has 96 valence electrons. The molecule has 0 amide bonds. The number of aliphatic carboxylic acids is 1. The second kappa shape index (κ2) is 3.82. The first-order valence-corrected chi connectivity index (χ1v) is 6.58. The molecule has 3 heteroatoms. The lowest BCUT2D eigenvalue weighted by atomic mass is 9.72. The van der Waals surface area contributed by atoms with Gasteiger partial charge in [-0.05, 0) is 48.0 Å². The molecule has 0 aromatic heterocycles. The molecule has 2 N–H and O–H groups in total. The first-order valence-electron chi connectivity index (χ1n) is 6.58. The average Bonchev–Trinajstić information content (AvgIpc) is 2.65. The summed E-state index contributed by atoms with van der Waals surface area (Å²) in [5, 5.41) is 12.7. The summed E-state index contributed by atoms with van der Waals surface area (Å²) in [5.74, 6) is -0.837. The largest absolute Gasteiger partial charge is 0.478 e. The van der Waals surface area contributed by atoms with Crippen LogP contribution in [0.4, 0.5) is 0 Å². The molecule has 3 aliphatic rings. The van der Waals surface area contributed by atoms with Gasteiger partial charge >= 0.3 is 5.97 Å². The van der Waals surface area contributed by atoms with Crippen LogP contribution >= 0.6 is 0 Å². The van der Waals surface area contributed by atoms with E-state index in [4.69, 9.17) is 5.11 Å². The van der Waals surface area contributed by atoms with Gasteiger partial charge in [0.1, 0.15) is 0 Å². The van der Waals surface area contributed by atoms with Gasteiger partial charge in [0.05, 0.1) is 11.6 Å². The smallest absolute Gasteiger partial charge is 0.335 e. The predicted octanol–water partition coefficient (Wildman–Crippen LogP) is 2.41. The fourth-order valence-corrected chi connectivity index (χ4v) is 3.32. The summed E-state index contributed by atoms with van der Waals surface area (Å²) < 4.78 is 0.